The Bertz CT molecular complexity index is 427. The second kappa shape index (κ2) is 7.56. The van der Waals surface area contributed by atoms with E-state index in [1.165, 1.54) is 38.2 Å². The number of hydrogen-bond donors (Lipinski definition) is 1. The van der Waals surface area contributed by atoms with Gasteiger partial charge in [-0.2, -0.15) is 0 Å². The van der Waals surface area contributed by atoms with Crippen LogP contribution in [0.2, 0.25) is 0 Å². The molecule has 1 aromatic carbocycles. The maximum Gasteiger partial charge on any atom is 0.137 e. The second-order valence-corrected chi connectivity index (χ2v) is 6.95. The summed E-state index contributed by atoms with van der Waals surface area (Å²) < 4.78 is 13.8. The minimum absolute atomic E-state index is 0.196. The molecule has 0 amide bonds. The normalized spacial score (nSPS) is 24.6. The lowest BCUT2D eigenvalue weighted by atomic mass is 9.81. The van der Waals surface area contributed by atoms with Crippen molar-refractivity contribution in [1.29, 1.82) is 0 Å². The van der Waals surface area contributed by atoms with Crippen LogP contribution in [0.25, 0.3) is 0 Å². The number of halogens is 2. The van der Waals surface area contributed by atoms with Crippen LogP contribution in [-0.4, -0.2) is 6.54 Å². The van der Waals surface area contributed by atoms with E-state index < -0.39 is 0 Å². The molecule has 1 nitrogen and oxygen atoms in total. The van der Waals surface area contributed by atoms with Crippen molar-refractivity contribution in [2.24, 2.45) is 11.8 Å². The zero-order chi connectivity index (χ0) is 14.5. The van der Waals surface area contributed by atoms with Gasteiger partial charge in [-0.25, -0.2) is 4.39 Å². The van der Waals surface area contributed by atoms with Crippen LogP contribution in [0, 0.1) is 17.7 Å². The minimum atomic E-state index is -0.196. The molecular weight excluding hydrogens is 317 g/mol. The van der Waals surface area contributed by atoms with Crippen LogP contribution < -0.4 is 5.32 Å². The second-order valence-electron chi connectivity index (χ2n) is 6.10. The van der Waals surface area contributed by atoms with Crippen molar-refractivity contribution >= 4 is 15.9 Å². The zero-order valence-electron chi connectivity index (χ0n) is 12.5. The molecule has 1 saturated carbocycles. The van der Waals surface area contributed by atoms with E-state index in [1.54, 1.807) is 0 Å². The number of hydrogen-bond acceptors (Lipinski definition) is 1. The highest BCUT2D eigenvalue weighted by Gasteiger charge is 2.20. The van der Waals surface area contributed by atoms with Gasteiger partial charge < -0.3 is 5.32 Å². The summed E-state index contributed by atoms with van der Waals surface area (Å²) in [6.07, 6.45) is 6.81. The lowest BCUT2D eigenvalue weighted by Gasteiger charge is -2.29. The smallest absolute Gasteiger partial charge is 0.137 e. The molecule has 1 aromatic rings. The van der Waals surface area contributed by atoms with Gasteiger partial charge in [-0.3, -0.25) is 0 Å². The number of benzene rings is 1. The van der Waals surface area contributed by atoms with E-state index in [1.807, 2.05) is 12.1 Å². The molecule has 1 unspecified atom stereocenters. The van der Waals surface area contributed by atoms with Crippen LogP contribution >= 0.6 is 15.9 Å². The quantitative estimate of drug-likeness (QED) is 0.750. The van der Waals surface area contributed by atoms with Crippen LogP contribution in [0.1, 0.15) is 57.6 Å². The first-order chi connectivity index (χ1) is 9.60. The van der Waals surface area contributed by atoms with Gasteiger partial charge in [0.25, 0.3) is 0 Å². The molecular formula is C17H25BrFN. The molecule has 0 radical (unpaired) electrons. The van der Waals surface area contributed by atoms with Crippen molar-refractivity contribution in [3.63, 3.8) is 0 Å². The molecule has 0 spiro atoms. The number of rotatable bonds is 5. The molecule has 1 aliphatic carbocycles. The van der Waals surface area contributed by atoms with Gasteiger partial charge >= 0.3 is 0 Å². The monoisotopic (exact) mass is 341 g/mol. The van der Waals surface area contributed by atoms with Crippen molar-refractivity contribution in [2.75, 3.05) is 6.54 Å². The highest BCUT2D eigenvalue weighted by molar-refractivity contribution is 9.10. The van der Waals surface area contributed by atoms with Crippen LogP contribution in [0.3, 0.4) is 0 Å². The molecule has 0 bridgehead atoms. The Morgan fingerprint density at radius 1 is 1.25 bits per heavy atom. The summed E-state index contributed by atoms with van der Waals surface area (Å²) in [6, 6.07) is 5.55. The summed E-state index contributed by atoms with van der Waals surface area (Å²) >= 11 is 3.25. The summed E-state index contributed by atoms with van der Waals surface area (Å²) in [4.78, 5) is 0. The molecule has 1 atom stereocenters. The molecule has 1 aliphatic rings. The van der Waals surface area contributed by atoms with E-state index in [9.17, 15) is 4.39 Å². The molecule has 0 aliphatic heterocycles. The Hall–Kier alpha value is -0.410. The highest BCUT2D eigenvalue weighted by atomic mass is 79.9. The first-order valence-electron chi connectivity index (χ1n) is 7.78. The lowest BCUT2D eigenvalue weighted by Crippen LogP contribution is -2.28. The standard InChI is InChI=1S/C17H25BrFN/c1-3-13-4-6-14(7-5-13)11-20-12(2)15-8-9-17(19)16(18)10-15/h8-10,12-14,20H,3-7,11H2,1-2H3. The van der Waals surface area contributed by atoms with Crippen LogP contribution in [0.15, 0.2) is 22.7 Å². The summed E-state index contributed by atoms with van der Waals surface area (Å²) in [7, 11) is 0. The first-order valence-corrected chi connectivity index (χ1v) is 8.57. The maximum absolute atomic E-state index is 13.2. The van der Waals surface area contributed by atoms with Gasteiger partial charge in [-0.1, -0.05) is 32.3 Å². The summed E-state index contributed by atoms with van der Waals surface area (Å²) in [5.41, 5.74) is 1.14. The Balaban J connectivity index is 1.80. The van der Waals surface area contributed by atoms with E-state index in [-0.39, 0.29) is 11.9 Å². The predicted octanol–water partition coefficient (Wildman–Crippen LogP) is 5.46. The third-order valence-electron chi connectivity index (χ3n) is 4.70. The van der Waals surface area contributed by atoms with Gasteiger partial charge in [0, 0.05) is 6.04 Å². The fourth-order valence-electron chi connectivity index (χ4n) is 3.09. The third kappa shape index (κ3) is 4.29. The SMILES string of the molecule is CCC1CCC(CNC(C)c2ccc(F)c(Br)c2)CC1. The van der Waals surface area contributed by atoms with E-state index in [0.29, 0.717) is 4.47 Å². The fourth-order valence-corrected chi connectivity index (χ4v) is 3.48. The molecule has 112 valence electrons. The summed E-state index contributed by atoms with van der Waals surface area (Å²) in [6.45, 7) is 5.53. The highest BCUT2D eigenvalue weighted by Crippen LogP contribution is 2.30. The Morgan fingerprint density at radius 3 is 2.50 bits per heavy atom. The fraction of sp³-hybridized carbons (Fsp3) is 0.647. The molecule has 20 heavy (non-hydrogen) atoms. The van der Waals surface area contributed by atoms with Gasteiger partial charge in [-0.15, -0.1) is 0 Å². The Labute approximate surface area is 130 Å². The molecule has 0 saturated heterocycles. The molecule has 2 rings (SSSR count). The average Bonchev–Trinajstić information content (AvgIpc) is 2.48. The molecule has 3 heteroatoms. The maximum atomic E-state index is 13.2. The lowest BCUT2D eigenvalue weighted by molar-refractivity contribution is 0.258. The molecule has 1 N–H and O–H groups in total. The minimum Gasteiger partial charge on any atom is -0.310 e. The molecule has 0 heterocycles. The van der Waals surface area contributed by atoms with Crippen molar-refractivity contribution < 1.29 is 4.39 Å². The third-order valence-corrected chi connectivity index (χ3v) is 5.31. The largest absolute Gasteiger partial charge is 0.310 e. The van der Waals surface area contributed by atoms with Crippen LogP contribution in [0.4, 0.5) is 4.39 Å². The molecule has 0 aromatic heterocycles. The van der Waals surface area contributed by atoms with Crippen LogP contribution in [0.5, 0.6) is 0 Å². The van der Waals surface area contributed by atoms with E-state index in [0.717, 1.165) is 23.9 Å². The van der Waals surface area contributed by atoms with Crippen molar-refractivity contribution in [3.8, 4) is 0 Å². The number of nitrogens with one attached hydrogen (secondary N) is 1. The summed E-state index contributed by atoms with van der Waals surface area (Å²) in [5.74, 6) is 1.57. The van der Waals surface area contributed by atoms with Gasteiger partial charge in [0.15, 0.2) is 0 Å². The van der Waals surface area contributed by atoms with Gasteiger partial charge in [0.2, 0.25) is 0 Å². The topological polar surface area (TPSA) is 12.0 Å². The van der Waals surface area contributed by atoms with Crippen molar-refractivity contribution in [2.45, 2.75) is 52.0 Å². The predicted molar refractivity (Wildman–Crippen MR) is 86.3 cm³/mol. The van der Waals surface area contributed by atoms with E-state index in [4.69, 9.17) is 0 Å². The van der Waals surface area contributed by atoms with Gasteiger partial charge in [0.05, 0.1) is 4.47 Å². The summed E-state index contributed by atoms with van der Waals surface area (Å²) in [5, 5.41) is 3.60. The van der Waals surface area contributed by atoms with Crippen molar-refractivity contribution in [3.05, 3.63) is 34.1 Å². The van der Waals surface area contributed by atoms with Crippen molar-refractivity contribution in [1.82, 2.24) is 5.32 Å². The Morgan fingerprint density at radius 2 is 1.90 bits per heavy atom. The van der Waals surface area contributed by atoms with Crippen LogP contribution in [-0.2, 0) is 0 Å². The van der Waals surface area contributed by atoms with Gasteiger partial charge in [0.1, 0.15) is 5.82 Å². The van der Waals surface area contributed by atoms with E-state index >= 15 is 0 Å². The molecule has 1 fully saturated rings. The zero-order valence-corrected chi connectivity index (χ0v) is 14.0. The first kappa shape index (κ1) is 16.0. The van der Waals surface area contributed by atoms with E-state index in [2.05, 4.69) is 35.1 Å². The Kier molecular flexibility index (Phi) is 6.03. The average molecular weight is 342 g/mol. The van der Waals surface area contributed by atoms with Gasteiger partial charge in [-0.05, 0) is 71.8 Å².